The molecule has 2 aromatic carbocycles. The van der Waals surface area contributed by atoms with Crippen molar-refractivity contribution in [3.05, 3.63) is 59.7 Å². The Balaban J connectivity index is 1.64. The highest BCUT2D eigenvalue weighted by Gasteiger charge is 2.61. The molecule has 0 heterocycles. The lowest BCUT2D eigenvalue weighted by atomic mass is 9.93. The average Bonchev–Trinajstić information content (AvgIpc) is 3.50. The van der Waals surface area contributed by atoms with Crippen molar-refractivity contribution in [1.29, 1.82) is 0 Å². The highest BCUT2D eigenvalue weighted by molar-refractivity contribution is 7.91. The molecule has 5 nitrogen and oxygen atoms in total. The number of anilines is 1. The molecule has 1 aliphatic carbocycles. The number of hydrogen-bond acceptors (Lipinski definition) is 4. The fourth-order valence-corrected chi connectivity index (χ4v) is 4.81. The van der Waals surface area contributed by atoms with Crippen LogP contribution in [0.5, 0.6) is 0 Å². The Morgan fingerprint density at radius 3 is 2.06 bits per heavy atom. The molecule has 3 rings (SSSR count). The van der Waals surface area contributed by atoms with Crippen LogP contribution in [0.15, 0.2) is 53.4 Å². The molecular weight excluding hydrogens is 457 g/mol. The van der Waals surface area contributed by atoms with Crippen molar-refractivity contribution in [1.82, 2.24) is 0 Å². The number of amides is 1. The first-order valence-electron chi connectivity index (χ1n) is 9.62. The molecule has 0 radical (unpaired) electrons. The highest BCUT2D eigenvalue weighted by Crippen LogP contribution is 2.43. The van der Waals surface area contributed by atoms with E-state index in [1.165, 1.54) is 24.3 Å². The van der Waals surface area contributed by atoms with Gasteiger partial charge in [0.2, 0.25) is 11.5 Å². The number of nitrogens with one attached hydrogen (secondary N) is 1. The first-order chi connectivity index (χ1) is 14.8. The quantitative estimate of drug-likeness (QED) is 0.562. The number of sulfone groups is 1. The van der Waals surface area contributed by atoms with Gasteiger partial charge in [0.1, 0.15) is 0 Å². The van der Waals surface area contributed by atoms with E-state index in [9.17, 15) is 40.3 Å². The maximum absolute atomic E-state index is 12.9. The SMILES string of the molecule is O=C(Cc1ccc(S(=O)(=O)CC2CC2)cc1)Nc1ccc(C(O)(C(F)F)C(F)(F)F)cc1. The summed E-state index contributed by atoms with van der Waals surface area (Å²) in [7, 11) is -3.38. The van der Waals surface area contributed by atoms with Crippen LogP contribution in [0.4, 0.5) is 27.6 Å². The van der Waals surface area contributed by atoms with E-state index >= 15 is 0 Å². The van der Waals surface area contributed by atoms with Gasteiger partial charge in [-0.25, -0.2) is 17.2 Å². The Kier molecular flexibility index (Phi) is 6.62. The van der Waals surface area contributed by atoms with Crippen molar-refractivity contribution in [2.24, 2.45) is 5.92 Å². The molecule has 0 aliphatic heterocycles. The number of carbonyl (C=O) groups excluding carboxylic acids is 1. The third-order valence-corrected chi connectivity index (χ3v) is 7.06. The Morgan fingerprint density at radius 1 is 1.03 bits per heavy atom. The van der Waals surface area contributed by atoms with Crippen LogP contribution in [0.2, 0.25) is 0 Å². The standard InChI is InChI=1S/C21H20F5NO4S/c22-19(23)20(29,21(24,25)26)15-5-7-16(8-6-15)27-18(28)11-13-3-9-17(10-4-13)32(30,31)12-14-1-2-14/h3-10,14,19,29H,1-2,11-12H2,(H,27,28). The van der Waals surface area contributed by atoms with E-state index in [1.54, 1.807) is 0 Å². The smallest absolute Gasteiger partial charge is 0.372 e. The summed E-state index contributed by atoms with van der Waals surface area (Å²) < 4.78 is 89.1. The van der Waals surface area contributed by atoms with Gasteiger partial charge in [-0.3, -0.25) is 4.79 Å². The first-order valence-corrected chi connectivity index (χ1v) is 11.3. The van der Waals surface area contributed by atoms with Gasteiger partial charge >= 0.3 is 6.18 Å². The van der Waals surface area contributed by atoms with Gasteiger partial charge in [0, 0.05) is 5.69 Å². The van der Waals surface area contributed by atoms with Crippen molar-refractivity contribution in [2.45, 2.75) is 42.4 Å². The molecule has 32 heavy (non-hydrogen) atoms. The van der Waals surface area contributed by atoms with Gasteiger partial charge in [-0.15, -0.1) is 0 Å². The average molecular weight is 477 g/mol. The minimum atomic E-state index is -5.59. The minimum Gasteiger partial charge on any atom is -0.372 e. The Hall–Kier alpha value is -2.53. The molecule has 11 heteroatoms. The lowest BCUT2D eigenvalue weighted by molar-refractivity contribution is -0.305. The Labute approximate surface area is 181 Å². The molecule has 1 amide bonds. The fraction of sp³-hybridized carbons (Fsp3) is 0.381. The molecule has 1 unspecified atom stereocenters. The van der Waals surface area contributed by atoms with E-state index < -0.39 is 39.5 Å². The second-order valence-corrected chi connectivity index (χ2v) is 9.77. The third kappa shape index (κ3) is 5.26. The maximum atomic E-state index is 12.9. The molecular formula is C21H20F5NO4S. The van der Waals surface area contributed by atoms with Gasteiger partial charge in [0.25, 0.3) is 6.43 Å². The molecule has 0 bridgehead atoms. The van der Waals surface area contributed by atoms with Crippen LogP contribution in [0.3, 0.4) is 0 Å². The molecule has 0 aromatic heterocycles. The summed E-state index contributed by atoms with van der Waals surface area (Å²) in [5.41, 5.74) is -4.83. The topological polar surface area (TPSA) is 83.5 Å². The number of carbonyl (C=O) groups is 1. The predicted octanol–water partition coefficient (Wildman–Crippen LogP) is 4.07. The number of alkyl halides is 5. The van der Waals surface area contributed by atoms with Crippen LogP contribution in [-0.2, 0) is 26.7 Å². The lowest BCUT2D eigenvalue weighted by Crippen LogP contribution is -2.48. The van der Waals surface area contributed by atoms with Crippen LogP contribution in [0.25, 0.3) is 0 Å². The lowest BCUT2D eigenvalue weighted by Gasteiger charge is -2.30. The molecule has 1 atom stereocenters. The zero-order chi connectivity index (χ0) is 23.7. The van der Waals surface area contributed by atoms with Gasteiger partial charge in [-0.2, -0.15) is 13.2 Å². The van der Waals surface area contributed by atoms with Gasteiger partial charge in [-0.1, -0.05) is 24.3 Å². The van der Waals surface area contributed by atoms with Crippen LogP contribution in [-0.4, -0.2) is 37.8 Å². The van der Waals surface area contributed by atoms with Crippen molar-refractivity contribution < 1.29 is 40.3 Å². The van der Waals surface area contributed by atoms with E-state index in [2.05, 4.69) is 5.32 Å². The van der Waals surface area contributed by atoms with Crippen LogP contribution >= 0.6 is 0 Å². The van der Waals surface area contributed by atoms with E-state index in [4.69, 9.17) is 0 Å². The summed E-state index contributed by atoms with van der Waals surface area (Å²) in [6.45, 7) is 0. The van der Waals surface area contributed by atoms with Crippen molar-refractivity contribution >= 4 is 21.4 Å². The highest BCUT2D eigenvalue weighted by atomic mass is 32.2. The van der Waals surface area contributed by atoms with Crippen molar-refractivity contribution in [3.8, 4) is 0 Å². The van der Waals surface area contributed by atoms with Gasteiger partial charge in [-0.05, 0) is 54.2 Å². The Bertz CT molecular complexity index is 1060. The summed E-state index contributed by atoms with van der Waals surface area (Å²) in [5.74, 6) is -0.256. The monoisotopic (exact) mass is 477 g/mol. The second-order valence-electron chi connectivity index (χ2n) is 7.74. The number of aliphatic hydroxyl groups is 1. The van der Waals surface area contributed by atoms with Gasteiger partial charge in [0.05, 0.1) is 17.1 Å². The van der Waals surface area contributed by atoms with Crippen molar-refractivity contribution in [3.63, 3.8) is 0 Å². The van der Waals surface area contributed by atoms with Crippen LogP contribution < -0.4 is 5.32 Å². The first kappa shape index (κ1) is 24.1. The van der Waals surface area contributed by atoms with Crippen LogP contribution in [0, 0.1) is 5.92 Å². The molecule has 1 fully saturated rings. The summed E-state index contributed by atoms with van der Waals surface area (Å²) in [4.78, 5) is 12.4. The number of rotatable bonds is 8. The molecule has 1 saturated carbocycles. The molecule has 0 saturated heterocycles. The van der Waals surface area contributed by atoms with E-state index in [0.717, 1.165) is 25.0 Å². The maximum Gasteiger partial charge on any atom is 0.427 e. The zero-order valence-corrected chi connectivity index (χ0v) is 17.4. The molecule has 0 spiro atoms. The van der Waals surface area contributed by atoms with E-state index in [1.807, 2.05) is 0 Å². The minimum absolute atomic E-state index is 0.0428. The molecule has 2 N–H and O–H groups in total. The molecule has 1 aliphatic rings. The normalized spacial score (nSPS) is 16.6. The zero-order valence-electron chi connectivity index (χ0n) is 16.6. The van der Waals surface area contributed by atoms with Crippen LogP contribution in [0.1, 0.15) is 24.0 Å². The number of hydrogen-bond donors (Lipinski definition) is 2. The van der Waals surface area contributed by atoms with E-state index in [0.29, 0.717) is 17.7 Å². The fourth-order valence-electron chi connectivity index (χ4n) is 3.12. The molecule has 2 aromatic rings. The summed E-state index contributed by atoms with van der Waals surface area (Å²) >= 11 is 0. The van der Waals surface area contributed by atoms with Crippen molar-refractivity contribution in [2.75, 3.05) is 11.1 Å². The largest absolute Gasteiger partial charge is 0.427 e. The number of benzene rings is 2. The summed E-state index contributed by atoms with van der Waals surface area (Å²) in [5, 5.41) is 11.9. The Morgan fingerprint density at radius 2 is 1.59 bits per heavy atom. The third-order valence-electron chi connectivity index (χ3n) is 5.16. The van der Waals surface area contributed by atoms with Gasteiger partial charge < -0.3 is 10.4 Å². The summed E-state index contributed by atoms with van der Waals surface area (Å²) in [6, 6.07) is 9.08. The second kappa shape index (κ2) is 8.78. The predicted molar refractivity (Wildman–Crippen MR) is 106 cm³/mol. The summed E-state index contributed by atoms with van der Waals surface area (Å²) in [6.07, 6.45) is -8.04. The van der Waals surface area contributed by atoms with Gasteiger partial charge in [0.15, 0.2) is 9.84 Å². The van der Waals surface area contributed by atoms with E-state index in [-0.39, 0.29) is 28.7 Å². The number of halogens is 5. The molecule has 174 valence electrons.